The van der Waals surface area contributed by atoms with Crippen molar-refractivity contribution in [2.75, 3.05) is 18.8 Å². The molecule has 2 heterocycles. The molecule has 0 bridgehead atoms. The summed E-state index contributed by atoms with van der Waals surface area (Å²) in [5, 5.41) is 10.5. The molecular formula is C15H18N2O2S. The van der Waals surface area contributed by atoms with Crippen LogP contribution in [-0.2, 0) is 0 Å². The van der Waals surface area contributed by atoms with Gasteiger partial charge in [0.05, 0.1) is 11.8 Å². The van der Waals surface area contributed by atoms with Gasteiger partial charge < -0.3 is 15.7 Å². The fraction of sp³-hybridized carbons (Fsp3) is 0.400. The Morgan fingerprint density at radius 3 is 2.75 bits per heavy atom. The van der Waals surface area contributed by atoms with Gasteiger partial charge in [-0.1, -0.05) is 18.2 Å². The molecule has 0 aliphatic carbocycles. The Balaban J connectivity index is 1.96. The SMILES string of the molecule is Cc1cccc2c(N)c(C(=O)N3CCC(O)CC3)sc12. The van der Waals surface area contributed by atoms with Gasteiger partial charge in [0.25, 0.3) is 5.91 Å². The third kappa shape index (κ3) is 2.17. The first kappa shape index (κ1) is 13.4. The Hall–Kier alpha value is -1.59. The van der Waals surface area contributed by atoms with Gasteiger partial charge in [-0.2, -0.15) is 0 Å². The molecule has 1 aromatic heterocycles. The first-order chi connectivity index (χ1) is 9.58. The van der Waals surface area contributed by atoms with E-state index in [1.807, 2.05) is 25.1 Å². The number of nitrogen functional groups attached to an aromatic ring is 1. The molecule has 0 radical (unpaired) electrons. The van der Waals surface area contributed by atoms with Gasteiger partial charge in [0.1, 0.15) is 4.88 Å². The summed E-state index contributed by atoms with van der Waals surface area (Å²) >= 11 is 1.47. The van der Waals surface area contributed by atoms with E-state index in [0.29, 0.717) is 36.5 Å². The van der Waals surface area contributed by atoms with Crippen LogP contribution in [0.2, 0.25) is 0 Å². The maximum Gasteiger partial charge on any atom is 0.266 e. The van der Waals surface area contributed by atoms with Crippen molar-refractivity contribution in [3.63, 3.8) is 0 Å². The van der Waals surface area contributed by atoms with E-state index in [1.54, 1.807) is 4.90 Å². The summed E-state index contributed by atoms with van der Waals surface area (Å²) in [4.78, 5) is 15.0. The number of fused-ring (bicyclic) bond motifs is 1. The zero-order chi connectivity index (χ0) is 14.3. The predicted octanol–water partition coefficient (Wildman–Crippen LogP) is 2.39. The molecule has 4 nitrogen and oxygen atoms in total. The second kappa shape index (κ2) is 5.07. The van der Waals surface area contributed by atoms with Crippen LogP contribution in [0.1, 0.15) is 28.1 Å². The molecule has 1 aromatic carbocycles. The van der Waals surface area contributed by atoms with Crippen molar-refractivity contribution in [2.24, 2.45) is 0 Å². The van der Waals surface area contributed by atoms with Gasteiger partial charge in [-0.05, 0) is 25.3 Å². The number of carbonyl (C=O) groups is 1. The minimum atomic E-state index is -0.277. The second-order valence-electron chi connectivity index (χ2n) is 5.32. The van der Waals surface area contributed by atoms with Gasteiger partial charge >= 0.3 is 0 Å². The number of nitrogens with two attached hydrogens (primary N) is 1. The number of nitrogens with zero attached hydrogens (tertiary/aromatic N) is 1. The Labute approximate surface area is 121 Å². The van der Waals surface area contributed by atoms with Crippen LogP contribution < -0.4 is 5.73 Å². The molecule has 0 spiro atoms. The quantitative estimate of drug-likeness (QED) is 0.847. The van der Waals surface area contributed by atoms with Crippen molar-refractivity contribution >= 4 is 33.0 Å². The Bertz CT molecular complexity index is 657. The van der Waals surface area contributed by atoms with Crippen molar-refractivity contribution in [2.45, 2.75) is 25.9 Å². The highest BCUT2D eigenvalue weighted by atomic mass is 32.1. The van der Waals surface area contributed by atoms with Crippen LogP contribution in [0, 0.1) is 6.92 Å². The van der Waals surface area contributed by atoms with Gasteiger partial charge in [-0.15, -0.1) is 11.3 Å². The highest BCUT2D eigenvalue weighted by Gasteiger charge is 2.26. The maximum atomic E-state index is 12.6. The van der Waals surface area contributed by atoms with E-state index in [1.165, 1.54) is 11.3 Å². The number of piperidine rings is 1. The molecule has 5 heteroatoms. The number of likely N-dealkylation sites (tertiary alicyclic amines) is 1. The number of thiophene rings is 1. The lowest BCUT2D eigenvalue weighted by atomic mass is 10.1. The van der Waals surface area contributed by atoms with Crippen LogP contribution in [-0.4, -0.2) is 35.1 Å². The first-order valence-corrected chi connectivity index (χ1v) is 7.64. The third-order valence-electron chi connectivity index (χ3n) is 3.90. The number of hydrogen-bond donors (Lipinski definition) is 2. The summed E-state index contributed by atoms with van der Waals surface area (Å²) in [6.45, 7) is 3.24. The standard InChI is InChI=1S/C15H18N2O2S/c1-9-3-2-4-11-12(16)14(20-13(9)11)15(19)17-7-5-10(18)6-8-17/h2-4,10,18H,5-8,16H2,1H3. The maximum absolute atomic E-state index is 12.6. The lowest BCUT2D eigenvalue weighted by Crippen LogP contribution is -2.39. The molecule has 0 saturated carbocycles. The number of anilines is 1. The van der Waals surface area contributed by atoms with Crippen molar-refractivity contribution in [1.82, 2.24) is 4.90 Å². The van der Waals surface area contributed by atoms with E-state index < -0.39 is 0 Å². The summed E-state index contributed by atoms with van der Waals surface area (Å²) in [6.07, 6.45) is 1.02. The van der Waals surface area contributed by atoms with E-state index >= 15 is 0 Å². The van der Waals surface area contributed by atoms with Crippen molar-refractivity contribution in [1.29, 1.82) is 0 Å². The average Bonchev–Trinajstić information content (AvgIpc) is 2.78. The molecule has 106 valence electrons. The van der Waals surface area contributed by atoms with E-state index in [-0.39, 0.29) is 12.0 Å². The van der Waals surface area contributed by atoms with Crippen LogP contribution in [0.25, 0.3) is 10.1 Å². The zero-order valence-electron chi connectivity index (χ0n) is 11.4. The molecule has 3 rings (SSSR count). The van der Waals surface area contributed by atoms with Gasteiger partial charge in [-0.25, -0.2) is 0 Å². The molecule has 0 atom stereocenters. The Morgan fingerprint density at radius 2 is 2.10 bits per heavy atom. The molecule has 3 N–H and O–H groups in total. The highest BCUT2D eigenvalue weighted by molar-refractivity contribution is 7.21. The number of aryl methyl sites for hydroxylation is 1. The minimum Gasteiger partial charge on any atom is -0.397 e. The number of aliphatic hydroxyl groups excluding tert-OH is 1. The zero-order valence-corrected chi connectivity index (χ0v) is 12.2. The second-order valence-corrected chi connectivity index (χ2v) is 6.34. The van der Waals surface area contributed by atoms with Crippen LogP contribution in [0.3, 0.4) is 0 Å². The molecule has 20 heavy (non-hydrogen) atoms. The molecule has 0 unspecified atom stereocenters. The van der Waals surface area contributed by atoms with Gasteiger partial charge in [0.2, 0.25) is 0 Å². The normalized spacial score (nSPS) is 16.8. The highest BCUT2D eigenvalue weighted by Crippen LogP contribution is 2.36. The van der Waals surface area contributed by atoms with Gasteiger partial charge in [0, 0.05) is 23.2 Å². The van der Waals surface area contributed by atoms with Crippen LogP contribution >= 0.6 is 11.3 Å². The summed E-state index contributed by atoms with van der Waals surface area (Å²) in [5.74, 6) is -0.00463. The molecule has 1 fully saturated rings. The summed E-state index contributed by atoms with van der Waals surface area (Å²) in [5.41, 5.74) is 7.89. The Kier molecular flexibility index (Phi) is 3.40. The van der Waals surface area contributed by atoms with Crippen LogP contribution in [0.4, 0.5) is 5.69 Å². The number of carbonyl (C=O) groups excluding carboxylic acids is 1. The summed E-state index contributed by atoms with van der Waals surface area (Å²) in [6, 6.07) is 5.96. The lowest BCUT2D eigenvalue weighted by Gasteiger charge is -2.29. The molecule has 1 saturated heterocycles. The monoisotopic (exact) mass is 290 g/mol. The number of amides is 1. The fourth-order valence-electron chi connectivity index (χ4n) is 2.65. The number of aliphatic hydroxyl groups is 1. The lowest BCUT2D eigenvalue weighted by molar-refractivity contribution is 0.0551. The summed E-state index contributed by atoms with van der Waals surface area (Å²) < 4.78 is 1.09. The Morgan fingerprint density at radius 1 is 1.40 bits per heavy atom. The average molecular weight is 290 g/mol. The van der Waals surface area contributed by atoms with E-state index in [0.717, 1.165) is 15.6 Å². The van der Waals surface area contributed by atoms with Crippen molar-refractivity contribution in [3.8, 4) is 0 Å². The fourth-order valence-corrected chi connectivity index (χ4v) is 3.81. The third-order valence-corrected chi connectivity index (χ3v) is 5.24. The number of rotatable bonds is 1. The van der Waals surface area contributed by atoms with Crippen LogP contribution in [0.5, 0.6) is 0 Å². The summed E-state index contributed by atoms with van der Waals surface area (Å²) in [7, 11) is 0. The topological polar surface area (TPSA) is 66.6 Å². The van der Waals surface area contributed by atoms with E-state index in [2.05, 4.69) is 0 Å². The van der Waals surface area contributed by atoms with Gasteiger partial charge in [-0.3, -0.25) is 4.79 Å². The smallest absolute Gasteiger partial charge is 0.266 e. The van der Waals surface area contributed by atoms with Crippen LogP contribution in [0.15, 0.2) is 18.2 Å². The van der Waals surface area contributed by atoms with E-state index in [9.17, 15) is 9.90 Å². The number of hydrogen-bond acceptors (Lipinski definition) is 4. The predicted molar refractivity (Wildman–Crippen MR) is 82.1 cm³/mol. The molecule has 1 aliphatic heterocycles. The molecule has 1 aliphatic rings. The van der Waals surface area contributed by atoms with Crippen molar-refractivity contribution in [3.05, 3.63) is 28.6 Å². The van der Waals surface area contributed by atoms with Gasteiger partial charge in [0.15, 0.2) is 0 Å². The first-order valence-electron chi connectivity index (χ1n) is 6.83. The minimum absolute atomic E-state index is 0.00463. The van der Waals surface area contributed by atoms with Crippen molar-refractivity contribution < 1.29 is 9.90 Å². The largest absolute Gasteiger partial charge is 0.397 e. The molecule has 2 aromatic rings. The number of benzene rings is 1. The molecular weight excluding hydrogens is 272 g/mol. The molecule has 1 amide bonds. The van der Waals surface area contributed by atoms with E-state index in [4.69, 9.17) is 5.73 Å².